The molecule has 0 fully saturated rings. The first-order chi connectivity index (χ1) is 8.13. The SMILES string of the molecule is CCCn1cnc(-c2ccc(F)cc2Br)c1N. The minimum absolute atomic E-state index is 0.285. The van der Waals surface area contributed by atoms with Gasteiger partial charge in [-0.2, -0.15) is 0 Å². The Morgan fingerprint density at radius 1 is 1.47 bits per heavy atom. The van der Waals surface area contributed by atoms with Crippen molar-refractivity contribution in [2.24, 2.45) is 0 Å². The monoisotopic (exact) mass is 297 g/mol. The number of aryl methyl sites for hydroxylation is 1. The molecule has 3 nitrogen and oxygen atoms in total. The van der Waals surface area contributed by atoms with E-state index >= 15 is 0 Å². The van der Waals surface area contributed by atoms with Gasteiger partial charge in [0, 0.05) is 16.6 Å². The summed E-state index contributed by atoms with van der Waals surface area (Å²) in [4.78, 5) is 4.28. The highest BCUT2D eigenvalue weighted by Gasteiger charge is 2.12. The van der Waals surface area contributed by atoms with Crippen LogP contribution in [0.1, 0.15) is 13.3 Å². The molecule has 2 aromatic rings. The molecule has 0 aliphatic carbocycles. The second-order valence-corrected chi connectivity index (χ2v) is 4.65. The first kappa shape index (κ1) is 12.1. The van der Waals surface area contributed by atoms with E-state index in [0.717, 1.165) is 18.5 Å². The summed E-state index contributed by atoms with van der Waals surface area (Å²) in [5, 5.41) is 0. The second-order valence-electron chi connectivity index (χ2n) is 3.80. The number of nitrogens with two attached hydrogens (primary N) is 1. The second kappa shape index (κ2) is 4.87. The fraction of sp³-hybridized carbons (Fsp3) is 0.250. The Balaban J connectivity index is 2.46. The minimum atomic E-state index is -0.285. The normalized spacial score (nSPS) is 10.8. The van der Waals surface area contributed by atoms with Crippen molar-refractivity contribution in [1.29, 1.82) is 0 Å². The summed E-state index contributed by atoms with van der Waals surface area (Å²) in [5.41, 5.74) is 7.50. The molecule has 0 radical (unpaired) electrons. The maximum atomic E-state index is 13.0. The Labute approximate surface area is 108 Å². The highest BCUT2D eigenvalue weighted by molar-refractivity contribution is 9.10. The van der Waals surface area contributed by atoms with Gasteiger partial charge < -0.3 is 10.3 Å². The van der Waals surface area contributed by atoms with Gasteiger partial charge in [-0.3, -0.25) is 0 Å². The van der Waals surface area contributed by atoms with Crippen LogP contribution >= 0.6 is 15.9 Å². The molecule has 2 rings (SSSR count). The average Bonchev–Trinajstić information content (AvgIpc) is 2.62. The van der Waals surface area contributed by atoms with Gasteiger partial charge in [-0.25, -0.2) is 9.37 Å². The van der Waals surface area contributed by atoms with Gasteiger partial charge in [0.2, 0.25) is 0 Å². The maximum Gasteiger partial charge on any atom is 0.131 e. The highest BCUT2D eigenvalue weighted by Crippen LogP contribution is 2.31. The Bertz CT molecular complexity index is 537. The number of hydrogen-bond donors (Lipinski definition) is 1. The van der Waals surface area contributed by atoms with Crippen molar-refractivity contribution in [3.8, 4) is 11.3 Å². The third-order valence-electron chi connectivity index (χ3n) is 2.53. The molecule has 0 aliphatic rings. The fourth-order valence-electron chi connectivity index (χ4n) is 1.70. The first-order valence-corrected chi connectivity index (χ1v) is 6.18. The molecule has 0 spiro atoms. The number of hydrogen-bond acceptors (Lipinski definition) is 2. The molecule has 1 heterocycles. The Morgan fingerprint density at radius 2 is 2.24 bits per heavy atom. The van der Waals surface area contributed by atoms with Crippen LogP contribution in [0.15, 0.2) is 29.0 Å². The van der Waals surface area contributed by atoms with Crippen LogP contribution in [0, 0.1) is 5.82 Å². The van der Waals surface area contributed by atoms with Crippen molar-refractivity contribution in [1.82, 2.24) is 9.55 Å². The Morgan fingerprint density at radius 3 is 2.88 bits per heavy atom. The first-order valence-electron chi connectivity index (χ1n) is 5.39. The molecule has 0 bridgehead atoms. The van der Waals surface area contributed by atoms with Crippen LogP contribution in [0.5, 0.6) is 0 Å². The number of benzene rings is 1. The van der Waals surface area contributed by atoms with Gasteiger partial charge >= 0.3 is 0 Å². The number of nitrogens with zero attached hydrogens (tertiary/aromatic N) is 2. The van der Waals surface area contributed by atoms with Gasteiger partial charge in [0.05, 0.1) is 6.33 Å². The summed E-state index contributed by atoms with van der Waals surface area (Å²) in [6.45, 7) is 2.91. The minimum Gasteiger partial charge on any atom is -0.383 e. The average molecular weight is 298 g/mol. The van der Waals surface area contributed by atoms with Crippen molar-refractivity contribution < 1.29 is 4.39 Å². The Kier molecular flexibility index (Phi) is 3.47. The lowest BCUT2D eigenvalue weighted by molar-refractivity contribution is 0.627. The molecule has 90 valence electrons. The third-order valence-corrected chi connectivity index (χ3v) is 3.19. The van der Waals surface area contributed by atoms with Gasteiger partial charge in [-0.1, -0.05) is 6.92 Å². The van der Waals surface area contributed by atoms with Gasteiger partial charge in [0.1, 0.15) is 17.3 Å². The lowest BCUT2D eigenvalue weighted by Crippen LogP contribution is -2.01. The van der Waals surface area contributed by atoms with Crippen LogP contribution in [-0.2, 0) is 6.54 Å². The number of rotatable bonds is 3. The standard InChI is InChI=1S/C12H13BrFN3/c1-2-5-17-7-16-11(12(17)15)9-4-3-8(14)6-10(9)13/h3-4,6-7H,2,5,15H2,1H3. The lowest BCUT2D eigenvalue weighted by Gasteiger charge is -2.05. The predicted octanol–water partition coefficient (Wildman–Crippen LogP) is 3.44. The third kappa shape index (κ3) is 2.34. The van der Waals surface area contributed by atoms with Crippen LogP contribution < -0.4 is 5.73 Å². The lowest BCUT2D eigenvalue weighted by atomic mass is 10.1. The quantitative estimate of drug-likeness (QED) is 0.943. The Hall–Kier alpha value is -1.36. The number of halogens is 2. The molecule has 0 saturated carbocycles. The molecule has 0 amide bonds. The van der Waals surface area contributed by atoms with E-state index in [-0.39, 0.29) is 5.82 Å². The maximum absolute atomic E-state index is 13.0. The largest absolute Gasteiger partial charge is 0.383 e. The number of nitrogen functional groups attached to an aromatic ring is 1. The molecule has 0 atom stereocenters. The molecule has 2 N–H and O–H groups in total. The van der Waals surface area contributed by atoms with Gasteiger partial charge in [-0.05, 0) is 40.5 Å². The molecule has 17 heavy (non-hydrogen) atoms. The van der Waals surface area contributed by atoms with E-state index in [1.165, 1.54) is 12.1 Å². The van der Waals surface area contributed by atoms with E-state index in [4.69, 9.17) is 5.73 Å². The zero-order valence-electron chi connectivity index (χ0n) is 9.45. The smallest absolute Gasteiger partial charge is 0.131 e. The van der Waals surface area contributed by atoms with Crippen LogP contribution in [0.2, 0.25) is 0 Å². The molecule has 1 aromatic carbocycles. The number of imidazole rings is 1. The van der Waals surface area contributed by atoms with Gasteiger partial charge in [-0.15, -0.1) is 0 Å². The van der Waals surface area contributed by atoms with E-state index in [2.05, 4.69) is 27.8 Å². The van der Waals surface area contributed by atoms with Crippen LogP contribution in [-0.4, -0.2) is 9.55 Å². The number of anilines is 1. The topological polar surface area (TPSA) is 43.8 Å². The summed E-state index contributed by atoms with van der Waals surface area (Å²) in [7, 11) is 0. The molecule has 0 aliphatic heterocycles. The van der Waals surface area contributed by atoms with Crippen LogP contribution in [0.3, 0.4) is 0 Å². The van der Waals surface area contributed by atoms with E-state index in [9.17, 15) is 4.39 Å². The summed E-state index contributed by atoms with van der Waals surface area (Å²) >= 11 is 3.32. The van der Waals surface area contributed by atoms with Crippen molar-refractivity contribution in [2.75, 3.05) is 5.73 Å². The zero-order chi connectivity index (χ0) is 12.4. The van der Waals surface area contributed by atoms with Crippen LogP contribution in [0.4, 0.5) is 10.2 Å². The summed E-state index contributed by atoms with van der Waals surface area (Å²) in [6.07, 6.45) is 2.70. The molecular weight excluding hydrogens is 285 g/mol. The van der Waals surface area contributed by atoms with Crippen molar-refractivity contribution >= 4 is 21.7 Å². The zero-order valence-corrected chi connectivity index (χ0v) is 11.0. The molecule has 0 unspecified atom stereocenters. The fourth-order valence-corrected chi connectivity index (χ4v) is 2.24. The molecule has 0 saturated heterocycles. The highest BCUT2D eigenvalue weighted by atomic mass is 79.9. The van der Waals surface area contributed by atoms with E-state index in [1.54, 1.807) is 12.4 Å². The van der Waals surface area contributed by atoms with Crippen LogP contribution in [0.25, 0.3) is 11.3 Å². The van der Waals surface area contributed by atoms with Crippen molar-refractivity contribution in [3.63, 3.8) is 0 Å². The summed E-state index contributed by atoms with van der Waals surface area (Å²) in [5.74, 6) is 0.325. The van der Waals surface area contributed by atoms with E-state index < -0.39 is 0 Å². The molecule has 1 aromatic heterocycles. The van der Waals surface area contributed by atoms with Gasteiger partial charge in [0.25, 0.3) is 0 Å². The van der Waals surface area contributed by atoms with Crippen molar-refractivity contribution in [2.45, 2.75) is 19.9 Å². The summed E-state index contributed by atoms with van der Waals surface area (Å²) in [6, 6.07) is 4.49. The van der Waals surface area contributed by atoms with Gasteiger partial charge in [0.15, 0.2) is 0 Å². The molecular formula is C12H13BrFN3. The van der Waals surface area contributed by atoms with Crippen molar-refractivity contribution in [3.05, 3.63) is 34.8 Å². The van der Waals surface area contributed by atoms with E-state index in [0.29, 0.717) is 16.0 Å². The predicted molar refractivity (Wildman–Crippen MR) is 70.0 cm³/mol. The summed E-state index contributed by atoms with van der Waals surface area (Å²) < 4.78 is 15.6. The number of aromatic nitrogens is 2. The molecule has 5 heteroatoms. The van der Waals surface area contributed by atoms with E-state index in [1.807, 2.05) is 4.57 Å².